The van der Waals surface area contributed by atoms with E-state index in [-0.39, 0.29) is 0 Å². The quantitative estimate of drug-likeness (QED) is 0.675. The molecule has 0 fully saturated rings. The lowest BCUT2D eigenvalue weighted by Crippen LogP contribution is -1.82. The molecule has 0 aliphatic carbocycles. The van der Waals surface area contributed by atoms with Crippen LogP contribution in [0.5, 0.6) is 0 Å². The fourth-order valence-electron chi connectivity index (χ4n) is 1.16. The number of aldehydes is 1. The fraction of sp³-hybridized carbons (Fsp3) is 0.100. The number of nitrogens with zero attached hydrogens (tertiary/aromatic N) is 2. The van der Waals surface area contributed by atoms with Crippen LogP contribution in [0.25, 0.3) is 11.5 Å². The van der Waals surface area contributed by atoms with E-state index in [1.165, 1.54) is 0 Å². The van der Waals surface area contributed by atoms with Crippen LogP contribution in [-0.2, 0) is 0 Å². The fourth-order valence-corrected chi connectivity index (χ4v) is 1.16. The monoisotopic (exact) mass is 188 g/mol. The van der Waals surface area contributed by atoms with Gasteiger partial charge in [-0.15, -0.1) is 10.2 Å². The van der Waals surface area contributed by atoms with Crippen molar-refractivity contribution in [2.45, 2.75) is 6.92 Å². The second-order valence-corrected chi connectivity index (χ2v) is 2.87. The number of rotatable bonds is 2. The summed E-state index contributed by atoms with van der Waals surface area (Å²) < 4.78 is 5.23. The Labute approximate surface area is 80.6 Å². The molecule has 0 bridgehead atoms. The Bertz CT molecular complexity index is 463. The first-order chi connectivity index (χ1) is 6.79. The SMILES string of the molecule is Cc1nnc(-c2cccc(C=O)c2)o1. The smallest absolute Gasteiger partial charge is 0.247 e. The summed E-state index contributed by atoms with van der Waals surface area (Å²) in [5.74, 6) is 0.947. The maximum atomic E-state index is 10.5. The van der Waals surface area contributed by atoms with Crippen molar-refractivity contribution in [2.75, 3.05) is 0 Å². The minimum absolute atomic E-state index is 0.436. The summed E-state index contributed by atoms with van der Waals surface area (Å²) in [5, 5.41) is 7.57. The predicted molar refractivity (Wildman–Crippen MR) is 49.9 cm³/mol. The molecule has 14 heavy (non-hydrogen) atoms. The number of carbonyl (C=O) groups is 1. The average molecular weight is 188 g/mol. The number of aromatic nitrogens is 2. The van der Waals surface area contributed by atoms with Crippen LogP contribution in [0.2, 0.25) is 0 Å². The minimum atomic E-state index is 0.436. The molecule has 0 N–H and O–H groups in total. The molecule has 0 aliphatic heterocycles. The summed E-state index contributed by atoms with van der Waals surface area (Å²) in [6.07, 6.45) is 0.784. The van der Waals surface area contributed by atoms with Crippen LogP contribution in [0, 0.1) is 6.92 Å². The van der Waals surface area contributed by atoms with E-state index in [4.69, 9.17) is 4.42 Å². The molecule has 2 rings (SSSR count). The van der Waals surface area contributed by atoms with Crippen molar-refractivity contribution in [3.8, 4) is 11.5 Å². The summed E-state index contributed by atoms with van der Waals surface area (Å²) in [7, 11) is 0. The summed E-state index contributed by atoms with van der Waals surface area (Å²) in [4.78, 5) is 10.5. The van der Waals surface area contributed by atoms with E-state index < -0.39 is 0 Å². The van der Waals surface area contributed by atoms with Crippen molar-refractivity contribution >= 4 is 6.29 Å². The van der Waals surface area contributed by atoms with Crippen molar-refractivity contribution in [1.82, 2.24) is 10.2 Å². The van der Waals surface area contributed by atoms with Gasteiger partial charge in [-0.05, 0) is 12.1 Å². The van der Waals surface area contributed by atoms with Crippen LogP contribution < -0.4 is 0 Å². The molecular formula is C10H8N2O2. The first-order valence-electron chi connectivity index (χ1n) is 4.15. The van der Waals surface area contributed by atoms with Gasteiger partial charge < -0.3 is 4.42 Å². The minimum Gasteiger partial charge on any atom is -0.421 e. The van der Waals surface area contributed by atoms with E-state index in [0.717, 1.165) is 11.8 Å². The number of hydrogen-bond acceptors (Lipinski definition) is 4. The van der Waals surface area contributed by atoms with Gasteiger partial charge in [0.05, 0.1) is 0 Å². The Morgan fingerprint density at radius 3 is 2.86 bits per heavy atom. The molecule has 0 spiro atoms. The maximum absolute atomic E-state index is 10.5. The molecule has 4 heteroatoms. The molecule has 1 aromatic heterocycles. The Hall–Kier alpha value is -1.97. The lowest BCUT2D eigenvalue weighted by Gasteiger charge is -1.94. The molecule has 1 aromatic carbocycles. The van der Waals surface area contributed by atoms with Gasteiger partial charge in [0.1, 0.15) is 6.29 Å². The molecule has 0 unspecified atom stereocenters. The average Bonchev–Trinajstić information content (AvgIpc) is 2.65. The van der Waals surface area contributed by atoms with E-state index in [1.54, 1.807) is 25.1 Å². The zero-order chi connectivity index (χ0) is 9.97. The van der Waals surface area contributed by atoms with Crippen molar-refractivity contribution in [3.63, 3.8) is 0 Å². The summed E-state index contributed by atoms with van der Waals surface area (Å²) in [5.41, 5.74) is 1.36. The van der Waals surface area contributed by atoms with Gasteiger partial charge >= 0.3 is 0 Å². The van der Waals surface area contributed by atoms with Crippen LogP contribution in [-0.4, -0.2) is 16.5 Å². The van der Waals surface area contributed by atoms with Crippen LogP contribution >= 0.6 is 0 Å². The Morgan fingerprint density at radius 2 is 2.21 bits per heavy atom. The van der Waals surface area contributed by atoms with Crippen LogP contribution in [0.4, 0.5) is 0 Å². The molecule has 0 saturated carbocycles. The Morgan fingerprint density at radius 1 is 1.36 bits per heavy atom. The largest absolute Gasteiger partial charge is 0.421 e. The van der Waals surface area contributed by atoms with Gasteiger partial charge in [0.2, 0.25) is 11.8 Å². The molecule has 0 saturated heterocycles. The lowest BCUT2D eigenvalue weighted by atomic mass is 10.1. The van der Waals surface area contributed by atoms with Crippen molar-refractivity contribution in [2.24, 2.45) is 0 Å². The zero-order valence-electron chi connectivity index (χ0n) is 7.60. The van der Waals surface area contributed by atoms with Crippen molar-refractivity contribution in [3.05, 3.63) is 35.7 Å². The molecule has 2 aromatic rings. The van der Waals surface area contributed by atoms with Crippen LogP contribution in [0.3, 0.4) is 0 Å². The molecule has 1 heterocycles. The van der Waals surface area contributed by atoms with Gasteiger partial charge in [-0.1, -0.05) is 12.1 Å². The van der Waals surface area contributed by atoms with Gasteiger partial charge in [0, 0.05) is 18.1 Å². The third-order valence-corrected chi connectivity index (χ3v) is 1.80. The third kappa shape index (κ3) is 1.54. The highest BCUT2D eigenvalue weighted by molar-refractivity contribution is 5.77. The van der Waals surface area contributed by atoms with Crippen molar-refractivity contribution in [1.29, 1.82) is 0 Å². The van der Waals surface area contributed by atoms with Gasteiger partial charge in [0.25, 0.3) is 0 Å². The molecule has 0 radical (unpaired) electrons. The lowest BCUT2D eigenvalue weighted by molar-refractivity contribution is 0.112. The molecule has 4 nitrogen and oxygen atoms in total. The second kappa shape index (κ2) is 3.41. The van der Waals surface area contributed by atoms with Gasteiger partial charge in [0.15, 0.2) is 0 Å². The highest BCUT2D eigenvalue weighted by Gasteiger charge is 2.05. The van der Waals surface area contributed by atoms with E-state index in [9.17, 15) is 4.79 Å². The normalized spacial score (nSPS) is 10.1. The van der Waals surface area contributed by atoms with Gasteiger partial charge in [-0.25, -0.2) is 0 Å². The summed E-state index contributed by atoms with van der Waals surface area (Å²) >= 11 is 0. The molecule has 0 amide bonds. The van der Waals surface area contributed by atoms with Crippen LogP contribution in [0.15, 0.2) is 28.7 Å². The van der Waals surface area contributed by atoms with Crippen molar-refractivity contribution < 1.29 is 9.21 Å². The topological polar surface area (TPSA) is 56.0 Å². The number of aryl methyl sites for hydroxylation is 1. The highest BCUT2D eigenvalue weighted by Crippen LogP contribution is 2.17. The van der Waals surface area contributed by atoms with Gasteiger partial charge in [-0.2, -0.15) is 0 Å². The first-order valence-corrected chi connectivity index (χ1v) is 4.15. The Balaban J connectivity index is 2.46. The predicted octanol–water partition coefficient (Wildman–Crippen LogP) is 1.86. The van der Waals surface area contributed by atoms with E-state index in [2.05, 4.69) is 10.2 Å². The van der Waals surface area contributed by atoms with E-state index in [1.807, 2.05) is 6.07 Å². The highest BCUT2D eigenvalue weighted by atomic mass is 16.4. The third-order valence-electron chi connectivity index (χ3n) is 1.80. The molecular weight excluding hydrogens is 180 g/mol. The molecule has 0 atom stereocenters. The number of benzene rings is 1. The molecule has 70 valence electrons. The summed E-state index contributed by atoms with van der Waals surface area (Å²) in [6, 6.07) is 7.03. The number of carbonyl (C=O) groups excluding carboxylic acids is 1. The second-order valence-electron chi connectivity index (χ2n) is 2.87. The maximum Gasteiger partial charge on any atom is 0.247 e. The van der Waals surface area contributed by atoms with Crippen LogP contribution in [0.1, 0.15) is 16.2 Å². The standard InChI is InChI=1S/C10H8N2O2/c1-7-11-12-10(14-7)9-4-2-3-8(5-9)6-13/h2-6H,1H3. The number of hydrogen-bond donors (Lipinski definition) is 0. The Kier molecular flexibility index (Phi) is 2.10. The first kappa shape index (κ1) is 8.62. The van der Waals surface area contributed by atoms with E-state index >= 15 is 0 Å². The zero-order valence-corrected chi connectivity index (χ0v) is 7.60. The molecule has 0 aliphatic rings. The van der Waals surface area contributed by atoms with Gasteiger partial charge in [-0.3, -0.25) is 4.79 Å². The van der Waals surface area contributed by atoms with E-state index in [0.29, 0.717) is 17.3 Å². The summed E-state index contributed by atoms with van der Waals surface area (Å²) in [6.45, 7) is 1.72.